The molecule has 1 aromatic carbocycles. The summed E-state index contributed by atoms with van der Waals surface area (Å²) < 4.78 is 0. The summed E-state index contributed by atoms with van der Waals surface area (Å²) in [6, 6.07) is 9.88. The fraction of sp³-hybridized carbons (Fsp3) is 0.500. The number of rotatable bonds is 4. The molecule has 0 aliphatic carbocycles. The first-order valence-corrected chi connectivity index (χ1v) is 7.39. The van der Waals surface area contributed by atoms with Crippen LogP contribution >= 0.6 is 0 Å². The van der Waals surface area contributed by atoms with Gasteiger partial charge in [-0.1, -0.05) is 30.3 Å². The third kappa shape index (κ3) is 4.21. The van der Waals surface area contributed by atoms with E-state index in [0.29, 0.717) is 25.9 Å². The molecule has 0 saturated carbocycles. The minimum atomic E-state index is -0.758. The van der Waals surface area contributed by atoms with Gasteiger partial charge in [-0.2, -0.15) is 0 Å². The van der Waals surface area contributed by atoms with Gasteiger partial charge in [0.05, 0.1) is 5.92 Å². The number of aliphatic carboxylic acids is 1. The maximum Gasteiger partial charge on any atom is 0.317 e. The standard InChI is InChI=1S/C16H22N2O3/c1-12-11-14(15(19)20)8-10-18(12)16(21)17-9-7-13-5-3-2-4-6-13/h2-6,12,14H,7-11H2,1H3,(H,17,21)(H,19,20). The first-order chi connectivity index (χ1) is 10.1. The molecule has 2 amide bonds. The van der Waals surface area contributed by atoms with Gasteiger partial charge < -0.3 is 15.3 Å². The molecule has 21 heavy (non-hydrogen) atoms. The van der Waals surface area contributed by atoms with Crippen molar-refractivity contribution >= 4 is 12.0 Å². The number of hydrogen-bond donors (Lipinski definition) is 2. The molecule has 1 aliphatic rings. The lowest BCUT2D eigenvalue weighted by Gasteiger charge is -2.36. The number of hydrogen-bond acceptors (Lipinski definition) is 2. The summed E-state index contributed by atoms with van der Waals surface area (Å²) in [7, 11) is 0. The number of carbonyl (C=O) groups excluding carboxylic acids is 1. The molecule has 1 saturated heterocycles. The van der Waals surface area contributed by atoms with Gasteiger partial charge in [-0.25, -0.2) is 4.79 Å². The van der Waals surface area contributed by atoms with Crippen molar-refractivity contribution in [3.8, 4) is 0 Å². The largest absolute Gasteiger partial charge is 0.481 e. The van der Waals surface area contributed by atoms with Crippen LogP contribution in [-0.2, 0) is 11.2 Å². The SMILES string of the molecule is CC1CC(C(=O)O)CCN1C(=O)NCCc1ccccc1. The molecule has 2 N–H and O–H groups in total. The number of piperidine rings is 1. The molecule has 2 rings (SSSR count). The molecule has 0 radical (unpaired) electrons. The maximum atomic E-state index is 12.1. The first-order valence-electron chi connectivity index (χ1n) is 7.39. The molecular formula is C16H22N2O3. The molecule has 0 bridgehead atoms. The molecule has 1 aromatic rings. The zero-order chi connectivity index (χ0) is 15.2. The van der Waals surface area contributed by atoms with Crippen molar-refractivity contribution in [3.05, 3.63) is 35.9 Å². The summed E-state index contributed by atoms with van der Waals surface area (Å²) in [6.07, 6.45) is 1.86. The highest BCUT2D eigenvalue weighted by Gasteiger charge is 2.31. The number of benzene rings is 1. The Kier molecular flexibility index (Phi) is 5.20. The molecule has 2 atom stereocenters. The second-order valence-corrected chi connectivity index (χ2v) is 5.57. The highest BCUT2D eigenvalue weighted by molar-refractivity contribution is 5.75. The second-order valence-electron chi connectivity index (χ2n) is 5.57. The molecule has 0 aromatic heterocycles. The average Bonchev–Trinajstić information content (AvgIpc) is 2.48. The Morgan fingerprint density at radius 3 is 2.67 bits per heavy atom. The van der Waals surface area contributed by atoms with E-state index in [0.717, 1.165) is 6.42 Å². The molecule has 5 heteroatoms. The molecule has 114 valence electrons. The molecule has 0 spiro atoms. The van der Waals surface area contributed by atoms with Crippen molar-refractivity contribution in [2.24, 2.45) is 5.92 Å². The molecule has 1 heterocycles. The first kappa shape index (κ1) is 15.4. The van der Waals surface area contributed by atoms with Crippen LogP contribution in [0.2, 0.25) is 0 Å². The Balaban J connectivity index is 1.77. The lowest BCUT2D eigenvalue weighted by molar-refractivity contribution is -0.143. The smallest absolute Gasteiger partial charge is 0.317 e. The Bertz CT molecular complexity index is 490. The van der Waals surface area contributed by atoms with Crippen molar-refractivity contribution in [2.45, 2.75) is 32.2 Å². The Morgan fingerprint density at radius 2 is 2.05 bits per heavy atom. The summed E-state index contributed by atoms with van der Waals surface area (Å²) in [5, 5.41) is 11.9. The normalized spacial score (nSPS) is 21.9. The zero-order valence-corrected chi connectivity index (χ0v) is 12.3. The zero-order valence-electron chi connectivity index (χ0n) is 12.3. The van der Waals surface area contributed by atoms with Gasteiger partial charge in [0.1, 0.15) is 0 Å². The number of nitrogens with one attached hydrogen (secondary N) is 1. The van der Waals surface area contributed by atoms with E-state index in [1.165, 1.54) is 5.56 Å². The fourth-order valence-corrected chi connectivity index (χ4v) is 2.76. The number of carboxylic acids is 1. The lowest BCUT2D eigenvalue weighted by Crippen LogP contribution is -2.50. The van der Waals surface area contributed by atoms with Gasteiger partial charge in [-0.3, -0.25) is 4.79 Å². The quantitative estimate of drug-likeness (QED) is 0.892. The second kappa shape index (κ2) is 7.11. The van der Waals surface area contributed by atoms with Crippen LogP contribution in [0.5, 0.6) is 0 Å². The summed E-state index contributed by atoms with van der Waals surface area (Å²) >= 11 is 0. The summed E-state index contributed by atoms with van der Waals surface area (Å²) in [4.78, 5) is 24.9. The van der Waals surface area contributed by atoms with Crippen LogP contribution in [0, 0.1) is 5.92 Å². The van der Waals surface area contributed by atoms with Crippen LogP contribution in [0.15, 0.2) is 30.3 Å². The Labute approximate surface area is 125 Å². The number of nitrogens with zero attached hydrogens (tertiary/aromatic N) is 1. The van der Waals surface area contributed by atoms with E-state index in [1.54, 1.807) is 4.90 Å². The van der Waals surface area contributed by atoms with Crippen LogP contribution in [-0.4, -0.2) is 41.1 Å². The fourth-order valence-electron chi connectivity index (χ4n) is 2.76. The van der Waals surface area contributed by atoms with Crippen LogP contribution in [0.4, 0.5) is 4.79 Å². The van der Waals surface area contributed by atoms with E-state index in [2.05, 4.69) is 5.32 Å². The molecular weight excluding hydrogens is 268 g/mol. The van der Waals surface area contributed by atoms with E-state index in [-0.39, 0.29) is 18.0 Å². The highest BCUT2D eigenvalue weighted by Crippen LogP contribution is 2.22. The van der Waals surface area contributed by atoms with Crippen molar-refractivity contribution in [1.29, 1.82) is 0 Å². The number of urea groups is 1. The summed E-state index contributed by atoms with van der Waals surface area (Å²) in [5.74, 6) is -1.08. The van der Waals surface area contributed by atoms with E-state index in [9.17, 15) is 9.59 Å². The van der Waals surface area contributed by atoms with Crippen molar-refractivity contribution in [3.63, 3.8) is 0 Å². The topological polar surface area (TPSA) is 69.6 Å². The molecule has 1 fully saturated rings. The van der Waals surface area contributed by atoms with Crippen LogP contribution in [0.25, 0.3) is 0 Å². The van der Waals surface area contributed by atoms with E-state index < -0.39 is 5.97 Å². The van der Waals surface area contributed by atoms with Crippen LogP contribution < -0.4 is 5.32 Å². The lowest BCUT2D eigenvalue weighted by atomic mass is 9.92. The minimum Gasteiger partial charge on any atom is -0.481 e. The predicted molar refractivity (Wildman–Crippen MR) is 80.1 cm³/mol. The van der Waals surface area contributed by atoms with E-state index in [4.69, 9.17) is 5.11 Å². The number of likely N-dealkylation sites (tertiary alicyclic amines) is 1. The van der Waals surface area contributed by atoms with Gasteiger partial charge in [-0.05, 0) is 31.7 Å². The minimum absolute atomic E-state index is 0.0309. The van der Waals surface area contributed by atoms with E-state index in [1.807, 2.05) is 37.3 Å². The van der Waals surface area contributed by atoms with Gasteiger partial charge in [0.25, 0.3) is 0 Å². The third-order valence-corrected chi connectivity index (χ3v) is 4.02. The number of amides is 2. The van der Waals surface area contributed by atoms with E-state index >= 15 is 0 Å². The Hall–Kier alpha value is -2.04. The predicted octanol–water partition coefficient (Wildman–Crippen LogP) is 2.12. The highest BCUT2D eigenvalue weighted by atomic mass is 16.4. The Morgan fingerprint density at radius 1 is 1.33 bits per heavy atom. The number of carboxylic acid groups (broad SMARTS) is 1. The molecule has 1 aliphatic heterocycles. The van der Waals surface area contributed by atoms with Gasteiger partial charge in [0.2, 0.25) is 0 Å². The maximum absolute atomic E-state index is 12.1. The van der Waals surface area contributed by atoms with Gasteiger partial charge in [0, 0.05) is 19.1 Å². The van der Waals surface area contributed by atoms with Gasteiger partial charge in [-0.15, -0.1) is 0 Å². The molecule has 2 unspecified atom stereocenters. The van der Waals surface area contributed by atoms with Crippen LogP contribution in [0.3, 0.4) is 0 Å². The third-order valence-electron chi connectivity index (χ3n) is 4.02. The van der Waals surface area contributed by atoms with Gasteiger partial charge in [0.15, 0.2) is 0 Å². The molecule has 5 nitrogen and oxygen atoms in total. The van der Waals surface area contributed by atoms with Crippen LogP contribution in [0.1, 0.15) is 25.3 Å². The van der Waals surface area contributed by atoms with Crippen molar-refractivity contribution in [1.82, 2.24) is 10.2 Å². The van der Waals surface area contributed by atoms with Crippen molar-refractivity contribution < 1.29 is 14.7 Å². The number of carbonyl (C=O) groups is 2. The van der Waals surface area contributed by atoms with Crippen molar-refractivity contribution in [2.75, 3.05) is 13.1 Å². The van der Waals surface area contributed by atoms with Gasteiger partial charge >= 0.3 is 12.0 Å². The monoisotopic (exact) mass is 290 g/mol. The summed E-state index contributed by atoms with van der Waals surface area (Å²) in [5.41, 5.74) is 1.19. The average molecular weight is 290 g/mol. The summed E-state index contributed by atoms with van der Waals surface area (Å²) in [6.45, 7) is 3.01.